The lowest BCUT2D eigenvalue weighted by molar-refractivity contribution is -0.140. The average molecular weight is 502 g/mol. The van der Waals surface area contributed by atoms with E-state index in [-0.39, 0.29) is 24.1 Å². The van der Waals surface area contributed by atoms with Crippen LogP contribution in [0.5, 0.6) is 5.75 Å². The first-order chi connectivity index (χ1) is 17.9. The van der Waals surface area contributed by atoms with E-state index < -0.39 is 6.04 Å². The van der Waals surface area contributed by atoms with Crippen molar-refractivity contribution < 1.29 is 19.1 Å². The number of nitrogens with one attached hydrogen (secondary N) is 1. The zero-order chi connectivity index (χ0) is 26.4. The molecule has 0 spiro atoms. The third-order valence-electron chi connectivity index (χ3n) is 6.93. The van der Waals surface area contributed by atoms with Gasteiger partial charge in [0.05, 0.1) is 12.8 Å². The van der Waals surface area contributed by atoms with E-state index in [4.69, 9.17) is 4.74 Å². The number of ether oxygens (including phenoxy) is 1. The van der Waals surface area contributed by atoms with E-state index in [1.165, 1.54) is 0 Å². The first kappa shape index (κ1) is 26.2. The van der Waals surface area contributed by atoms with Crippen molar-refractivity contribution in [2.45, 2.75) is 52.1 Å². The first-order valence-electron chi connectivity index (χ1n) is 13.0. The molecule has 3 aromatic rings. The van der Waals surface area contributed by atoms with Crippen molar-refractivity contribution >= 4 is 34.2 Å². The van der Waals surface area contributed by atoms with Gasteiger partial charge in [-0.15, -0.1) is 0 Å². The number of unbranched alkanes of at least 4 members (excludes halogenated alkanes) is 1. The molecule has 1 aliphatic heterocycles. The molecular formula is C30H35N3O4. The Bertz CT molecular complexity index is 1270. The third kappa shape index (κ3) is 5.77. The number of anilines is 1. The molecule has 0 aliphatic carbocycles. The Hall–Kier alpha value is -3.87. The number of methoxy groups -OCH3 is 1. The minimum atomic E-state index is -0.613. The van der Waals surface area contributed by atoms with E-state index in [0.29, 0.717) is 31.6 Å². The highest BCUT2D eigenvalue weighted by molar-refractivity contribution is 6.25. The van der Waals surface area contributed by atoms with Crippen LogP contribution < -0.4 is 15.0 Å². The zero-order valence-electron chi connectivity index (χ0n) is 21.8. The number of carbonyl (C=O) groups is 3. The van der Waals surface area contributed by atoms with Crippen molar-refractivity contribution in [2.75, 3.05) is 25.1 Å². The molecule has 1 atom stereocenters. The lowest BCUT2D eigenvalue weighted by Crippen LogP contribution is -2.47. The normalized spacial score (nSPS) is 13.1. The summed E-state index contributed by atoms with van der Waals surface area (Å²) in [6.07, 6.45) is 2.61. The Labute approximate surface area is 218 Å². The molecule has 0 aromatic heterocycles. The monoisotopic (exact) mass is 501 g/mol. The van der Waals surface area contributed by atoms with Crippen LogP contribution in [0.1, 0.15) is 55.5 Å². The highest BCUT2D eigenvalue weighted by atomic mass is 16.5. The van der Waals surface area contributed by atoms with Gasteiger partial charge in [-0.25, -0.2) is 0 Å². The predicted molar refractivity (Wildman–Crippen MR) is 146 cm³/mol. The lowest BCUT2D eigenvalue weighted by atomic mass is 10.1. The van der Waals surface area contributed by atoms with Crippen LogP contribution in [-0.4, -0.2) is 48.9 Å². The number of hydrogen-bond acceptors (Lipinski definition) is 4. The summed E-state index contributed by atoms with van der Waals surface area (Å²) in [4.78, 5) is 42.7. The molecule has 0 saturated carbocycles. The summed E-state index contributed by atoms with van der Waals surface area (Å²) >= 11 is 0. The van der Waals surface area contributed by atoms with E-state index in [0.717, 1.165) is 40.6 Å². The SMILES string of the molecule is CCCCNC(=O)[C@@H](C)N(Cc1ccc(OC)cc1)C(=O)CCCN1C(=O)c2cccc3cccc1c23. The maximum absolute atomic E-state index is 13.4. The van der Waals surface area contributed by atoms with Crippen LogP contribution in [0.25, 0.3) is 10.8 Å². The third-order valence-corrected chi connectivity index (χ3v) is 6.93. The Balaban J connectivity index is 1.44. The van der Waals surface area contributed by atoms with Crippen molar-refractivity contribution in [2.24, 2.45) is 0 Å². The van der Waals surface area contributed by atoms with Crippen molar-refractivity contribution in [1.82, 2.24) is 10.2 Å². The number of hydrogen-bond donors (Lipinski definition) is 1. The van der Waals surface area contributed by atoms with Crippen LogP contribution in [0.2, 0.25) is 0 Å². The Morgan fingerprint density at radius 2 is 1.76 bits per heavy atom. The van der Waals surface area contributed by atoms with Gasteiger partial charge in [0.2, 0.25) is 11.8 Å². The molecule has 0 bridgehead atoms. The standard InChI is InChI=1S/C30H35N3O4/c1-4-5-18-31-29(35)21(2)33(20-22-14-16-24(37-3)17-15-22)27(34)13-8-19-32-26-12-7-10-23-9-6-11-25(28(23)26)30(32)36/h6-7,9-12,14-17,21H,4-5,8,13,18-20H2,1-3H3,(H,31,35)/t21-/m1/s1. The maximum atomic E-state index is 13.4. The predicted octanol–water partition coefficient (Wildman–Crippen LogP) is 4.92. The first-order valence-corrected chi connectivity index (χ1v) is 13.0. The summed E-state index contributed by atoms with van der Waals surface area (Å²) < 4.78 is 5.24. The number of nitrogens with zero attached hydrogens (tertiary/aromatic N) is 2. The fourth-order valence-corrected chi connectivity index (χ4v) is 4.78. The highest BCUT2D eigenvalue weighted by Crippen LogP contribution is 2.37. The molecule has 7 nitrogen and oxygen atoms in total. The van der Waals surface area contributed by atoms with E-state index in [1.807, 2.05) is 60.7 Å². The molecule has 7 heteroatoms. The van der Waals surface area contributed by atoms with Gasteiger partial charge in [-0.1, -0.05) is 49.7 Å². The van der Waals surface area contributed by atoms with Gasteiger partial charge in [0.15, 0.2) is 0 Å². The van der Waals surface area contributed by atoms with Gasteiger partial charge >= 0.3 is 0 Å². The number of carbonyl (C=O) groups excluding carboxylic acids is 3. The lowest BCUT2D eigenvalue weighted by Gasteiger charge is -2.29. The number of amides is 3. The van der Waals surface area contributed by atoms with Crippen molar-refractivity contribution in [1.29, 1.82) is 0 Å². The van der Waals surface area contributed by atoms with Crippen LogP contribution in [0.4, 0.5) is 5.69 Å². The van der Waals surface area contributed by atoms with Gasteiger partial charge < -0.3 is 19.9 Å². The molecule has 0 unspecified atom stereocenters. The van der Waals surface area contributed by atoms with Gasteiger partial charge in [0, 0.05) is 37.0 Å². The number of rotatable bonds is 12. The van der Waals surface area contributed by atoms with Crippen LogP contribution in [0, 0.1) is 0 Å². The zero-order valence-corrected chi connectivity index (χ0v) is 21.8. The maximum Gasteiger partial charge on any atom is 0.258 e. The second-order valence-corrected chi connectivity index (χ2v) is 9.43. The van der Waals surface area contributed by atoms with Crippen LogP contribution in [-0.2, 0) is 16.1 Å². The number of benzene rings is 3. The van der Waals surface area contributed by atoms with Gasteiger partial charge in [-0.3, -0.25) is 14.4 Å². The van der Waals surface area contributed by atoms with Crippen molar-refractivity contribution in [3.63, 3.8) is 0 Å². The Morgan fingerprint density at radius 3 is 2.46 bits per heavy atom. The molecule has 0 radical (unpaired) electrons. The largest absolute Gasteiger partial charge is 0.497 e. The molecule has 0 fully saturated rings. The molecule has 1 aliphatic rings. The molecular weight excluding hydrogens is 466 g/mol. The van der Waals surface area contributed by atoms with Crippen LogP contribution >= 0.6 is 0 Å². The molecule has 1 heterocycles. The van der Waals surface area contributed by atoms with Gasteiger partial charge in [0.25, 0.3) is 5.91 Å². The minimum absolute atomic E-state index is 0.0296. The van der Waals surface area contributed by atoms with E-state index >= 15 is 0 Å². The summed E-state index contributed by atoms with van der Waals surface area (Å²) in [6.45, 7) is 5.18. The van der Waals surface area contributed by atoms with Crippen molar-refractivity contribution in [3.8, 4) is 5.75 Å². The molecule has 4 rings (SSSR count). The average Bonchev–Trinajstić information content (AvgIpc) is 3.19. The molecule has 3 aromatic carbocycles. The molecule has 194 valence electrons. The van der Waals surface area contributed by atoms with E-state index in [9.17, 15) is 14.4 Å². The van der Waals surface area contributed by atoms with Crippen LogP contribution in [0.3, 0.4) is 0 Å². The summed E-state index contributed by atoms with van der Waals surface area (Å²) in [5, 5.41) is 4.95. The topological polar surface area (TPSA) is 79.0 Å². The summed E-state index contributed by atoms with van der Waals surface area (Å²) in [5.41, 5.74) is 2.52. The molecule has 0 saturated heterocycles. The van der Waals surface area contributed by atoms with Gasteiger partial charge in [-0.2, -0.15) is 0 Å². The van der Waals surface area contributed by atoms with Gasteiger partial charge in [0.1, 0.15) is 11.8 Å². The summed E-state index contributed by atoms with van der Waals surface area (Å²) in [7, 11) is 1.61. The second-order valence-electron chi connectivity index (χ2n) is 9.43. The summed E-state index contributed by atoms with van der Waals surface area (Å²) in [5.74, 6) is 0.430. The minimum Gasteiger partial charge on any atom is -0.497 e. The Morgan fingerprint density at radius 1 is 1.03 bits per heavy atom. The second kappa shape index (κ2) is 11.9. The van der Waals surface area contributed by atoms with E-state index in [2.05, 4.69) is 12.2 Å². The quantitative estimate of drug-likeness (QED) is 0.357. The summed E-state index contributed by atoms with van der Waals surface area (Å²) in [6, 6.07) is 18.6. The smallest absolute Gasteiger partial charge is 0.258 e. The molecule has 37 heavy (non-hydrogen) atoms. The molecule has 1 N–H and O–H groups in total. The van der Waals surface area contributed by atoms with Gasteiger partial charge in [-0.05, 0) is 55.0 Å². The Kier molecular flexibility index (Phi) is 8.43. The van der Waals surface area contributed by atoms with Crippen LogP contribution in [0.15, 0.2) is 60.7 Å². The fourth-order valence-electron chi connectivity index (χ4n) is 4.78. The van der Waals surface area contributed by atoms with E-state index in [1.54, 1.807) is 23.8 Å². The fraction of sp³-hybridized carbons (Fsp3) is 0.367. The van der Waals surface area contributed by atoms with Crippen molar-refractivity contribution in [3.05, 3.63) is 71.8 Å². The highest BCUT2D eigenvalue weighted by Gasteiger charge is 2.30. The molecule has 3 amide bonds.